The van der Waals surface area contributed by atoms with Gasteiger partial charge in [-0.2, -0.15) is 5.10 Å². The van der Waals surface area contributed by atoms with Gasteiger partial charge in [0.1, 0.15) is 13.2 Å². The van der Waals surface area contributed by atoms with Crippen molar-refractivity contribution < 1.29 is 9.47 Å². The van der Waals surface area contributed by atoms with Gasteiger partial charge in [-0.05, 0) is 37.3 Å². The van der Waals surface area contributed by atoms with E-state index in [2.05, 4.69) is 22.5 Å². The van der Waals surface area contributed by atoms with Gasteiger partial charge in [-0.3, -0.25) is 4.98 Å². The molecule has 31 heavy (non-hydrogen) atoms. The SMILES string of the molecule is CC(=Nn1c(-c2ccccc2)csc1=Nc1cccnc1)c1ccc2c(c1)OCCO2. The Hall–Kier alpha value is -3.71. The number of aromatic nitrogens is 2. The van der Waals surface area contributed by atoms with E-state index < -0.39 is 0 Å². The summed E-state index contributed by atoms with van der Waals surface area (Å²) in [6, 6.07) is 19.9. The predicted molar refractivity (Wildman–Crippen MR) is 122 cm³/mol. The molecular formula is C24H20N4O2S. The Kier molecular flexibility index (Phi) is 5.33. The molecular weight excluding hydrogens is 408 g/mol. The zero-order chi connectivity index (χ0) is 21.0. The van der Waals surface area contributed by atoms with Gasteiger partial charge in [0.15, 0.2) is 11.5 Å². The first-order valence-electron chi connectivity index (χ1n) is 9.94. The normalized spacial score (nSPS) is 14.0. The van der Waals surface area contributed by atoms with Crippen molar-refractivity contribution in [3.05, 3.63) is 88.8 Å². The third-order valence-electron chi connectivity index (χ3n) is 4.84. The molecule has 0 fully saturated rings. The largest absolute Gasteiger partial charge is 0.486 e. The molecule has 0 aliphatic carbocycles. The number of thiazole rings is 1. The van der Waals surface area contributed by atoms with Gasteiger partial charge in [0, 0.05) is 22.7 Å². The quantitative estimate of drug-likeness (QED) is 0.435. The molecule has 0 N–H and O–H groups in total. The fraction of sp³-hybridized carbons (Fsp3) is 0.125. The van der Waals surface area contributed by atoms with Crippen LogP contribution < -0.4 is 14.3 Å². The van der Waals surface area contributed by atoms with Crippen molar-refractivity contribution in [3.63, 3.8) is 0 Å². The van der Waals surface area contributed by atoms with Crippen molar-refractivity contribution in [1.82, 2.24) is 9.66 Å². The maximum Gasteiger partial charge on any atom is 0.211 e. The van der Waals surface area contributed by atoms with Crippen LogP contribution >= 0.6 is 11.3 Å². The summed E-state index contributed by atoms with van der Waals surface area (Å²) in [4.78, 5) is 9.70. The van der Waals surface area contributed by atoms with Crippen LogP contribution in [-0.4, -0.2) is 28.6 Å². The van der Waals surface area contributed by atoms with Crippen LogP contribution in [0.25, 0.3) is 11.3 Å². The molecule has 154 valence electrons. The van der Waals surface area contributed by atoms with E-state index in [0.29, 0.717) is 13.2 Å². The van der Waals surface area contributed by atoms with Crippen LogP contribution in [0.4, 0.5) is 5.69 Å². The number of rotatable bonds is 4. The maximum atomic E-state index is 5.74. The Morgan fingerprint density at radius 1 is 1.00 bits per heavy atom. The number of hydrogen-bond acceptors (Lipinski definition) is 6. The summed E-state index contributed by atoms with van der Waals surface area (Å²) >= 11 is 1.54. The van der Waals surface area contributed by atoms with E-state index >= 15 is 0 Å². The zero-order valence-corrected chi connectivity index (χ0v) is 17.7. The molecule has 0 saturated carbocycles. The molecule has 0 spiro atoms. The fourth-order valence-corrected chi connectivity index (χ4v) is 4.14. The number of hydrogen-bond donors (Lipinski definition) is 0. The molecule has 0 bridgehead atoms. The molecule has 0 atom stereocenters. The Morgan fingerprint density at radius 3 is 2.65 bits per heavy atom. The summed E-state index contributed by atoms with van der Waals surface area (Å²) < 4.78 is 13.3. The van der Waals surface area contributed by atoms with Crippen LogP contribution in [0.3, 0.4) is 0 Å². The molecule has 1 aliphatic rings. The number of pyridine rings is 1. The minimum absolute atomic E-state index is 0.554. The molecule has 0 unspecified atom stereocenters. The molecule has 2 aromatic carbocycles. The first-order valence-corrected chi connectivity index (χ1v) is 10.8. The lowest BCUT2D eigenvalue weighted by molar-refractivity contribution is 0.171. The highest BCUT2D eigenvalue weighted by Gasteiger charge is 2.14. The van der Waals surface area contributed by atoms with Crippen molar-refractivity contribution in [2.45, 2.75) is 6.92 Å². The van der Waals surface area contributed by atoms with E-state index in [1.165, 1.54) is 0 Å². The van der Waals surface area contributed by atoms with E-state index in [9.17, 15) is 0 Å². The van der Waals surface area contributed by atoms with Gasteiger partial charge < -0.3 is 9.47 Å². The van der Waals surface area contributed by atoms with Crippen LogP contribution in [0.2, 0.25) is 0 Å². The fourth-order valence-electron chi connectivity index (χ4n) is 3.29. The molecule has 0 amide bonds. The van der Waals surface area contributed by atoms with Gasteiger partial charge in [0.05, 0.1) is 23.3 Å². The maximum absolute atomic E-state index is 5.74. The van der Waals surface area contributed by atoms with Crippen molar-refractivity contribution in [2.24, 2.45) is 10.1 Å². The van der Waals surface area contributed by atoms with E-state index in [1.807, 2.05) is 60.1 Å². The van der Waals surface area contributed by atoms with Crippen LogP contribution in [0, 0.1) is 0 Å². The summed E-state index contributed by atoms with van der Waals surface area (Å²) in [6.07, 6.45) is 3.48. The van der Waals surface area contributed by atoms with E-state index in [4.69, 9.17) is 19.6 Å². The second-order valence-corrected chi connectivity index (χ2v) is 7.78. The highest BCUT2D eigenvalue weighted by Crippen LogP contribution is 2.31. The smallest absolute Gasteiger partial charge is 0.211 e. The van der Waals surface area contributed by atoms with Crippen LogP contribution in [0.1, 0.15) is 12.5 Å². The van der Waals surface area contributed by atoms with Gasteiger partial charge in [-0.25, -0.2) is 9.67 Å². The first kappa shape index (κ1) is 19.3. The lowest BCUT2D eigenvalue weighted by Gasteiger charge is -2.18. The number of benzene rings is 2. The molecule has 0 radical (unpaired) electrons. The van der Waals surface area contributed by atoms with E-state index in [0.717, 1.165) is 44.5 Å². The lowest BCUT2D eigenvalue weighted by Crippen LogP contribution is -2.16. The summed E-state index contributed by atoms with van der Waals surface area (Å²) in [5.74, 6) is 1.51. The number of nitrogens with zero attached hydrogens (tertiary/aromatic N) is 4. The topological polar surface area (TPSA) is 61.0 Å². The van der Waals surface area contributed by atoms with Crippen molar-refractivity contribution >= 4 is 22.7 Å². The Bertz CT molecular complexity index is 1290. The first-order chi connectivity index (χ1) is 15.3. The van der Waals surface area contributed by atoms with Crippen LogP contribution in [0.5, 0.6) is 11.5 Å². The molecule has 6 nitrogen and oxygen atoms in total. The lowest BCUT2D eigenvalue weighted by atomic mass is 10.1. The molecule has 7 heteroatoms. The highest BCUT2D eigenvalue weighted by molar-refractivity contribution is 7.07. The van der Waals surface area contributed by atoms with Crippen LogP contribution in [0.15, 0.2) is 88.5 Å². The van der Waals surface area contributed by atoms with Gasteiger partial charge in [-0.1, -0.05) is 30.3 Å². The van der Waals surface area contributed by atoms with Crippen molar-refractivity contribution in [3.8, 4) is 22.8 Å². The predicted octanol–water partition coefficient (Wildman–Crippen LogP) is 4.89. The second-order valence-electron chi connectivity index (χ2n) is 6.95. The van der Waals surface area contributed by atoms with E-state index in [-0.39, 0.29) is 0 Å². The average Bonchev–Trinajstić information content (AvgIpc) is 3.21. The van der Waals surface area contributed by atoms with Gasteiger partial charge in [0.25, 0.3) is 0 Å². The minimum Gasteiger partial charge on any atom is -0.486 e. The highest BCUT2D eigenvalue weighted by atomic mass is 32.1. The number of fused-ring (bicyclic) bond motifs is 1. The van der Waals surface area contributed by atoms with Crippen molar-refractivity contribution in [1.29, 1.82) is 0 Å². The third kappa shape index (κ3) is 4.13. The minimum atomic E-state index is 0.554. The van der Waals surface area contributed by atoms with Crippen LogP contribution in [-0.2, 0) is 0 Å². The standard InChI is InChI=1S/C24H20N4O2S/c1-17(19-9-10-22-23(14-19)30-13-12-29-22)27-28-21(18-6-3-2-4-7-18)16-31-24(28)26-20-8-5-11-25-15-20/h2-11,14-16H,12-13H2,1H3. The Morgan fingerprint density at radius 2 is 1.84 bits per heavy atom. The summed E-state index contributed by atoms with van der Waals surface area (Å²) in [5, 5.41) is 7.02. The molecule has 3 heterocycles. The summed E-state index contributed by atoms with van der Waals surface area (Å²) in [6.45, 7) is 3.11. The van der Waals surface area contributed by atoms with E-state index in [1.54, 1.807) is 23.7 Å². The van der Waals surface area contributed by atoms with Gasteiger partial charge in [-0.15, -0.1) is 11.3 Å². The second kappa shape index (κ2) is 8.57. The molecule has 0 saturated heterocycles. The monoisotopic (exact) mass is 428 g/mol. The zero-order valence-electron chi connectivity index (χ0n) is 16.9. The number of ether oxygens (including phenoxy) is 2. The summed E-state index contributed by atoms with van der Waals surface area (Å²) in [5.41, 5.74) is 4.65. The third-order valence-corrected chi connectivity index (χ3v) is 5.65. The molecule has 4 aromatic rings. The Balaban J connectivity index is 1.63. The van der Waals surface area contributed by atoms with Crippen molar-refractivity contribution in [2.75, 3.05) is 13.2 Å². The van der Waals surface area contributed by atoms with Gasteiger partial charge >= 0.3 is 0 Å². The van der Waals surface area contributed by atoms with Gasteiger partial charge in [0.2, 0.25) is 4.80 Å². The molecule has 2 aromatic heterocycles. The summed E-state index contributed by atoms with van der Waals surface area (Å²) in [7, 11) is 0. The molecule has 5 rings (SSSR count). The average molecular weight is 429 g/mol. The Labute approximate surface area is 183 Å². The molecule has 1 aliphatic heterocycles.